The molecule has 34 heavy (non-hydrogen) atoms. The van der Waals surface area contributed by atoms with Gasteiger partial charge in [0, 0.05) is 49.9 Å². The van der Waals surface area contributed by atoms with Crippen LogP contribution in [0.15, 0.2) is 53.4 Å². The van der Waals surface area contributed by atoms with Gasteiger partial charge in [-0.3, -0.25) is 9.78 Å². The summed E-state index contributed by atoms with van der Waals surface area (Å²) in [5.74, 6) is -0.0741. The number of carbonyl (C=O) groups is 2. The number of aromatic nitrogens is 1. The quantitative estimate of drug-likeness (QED) is 0.409. The highest BCUT2D eigenvalue weighted by atomic mass is 32.1. The first-order valence-electron chi connectivity index (χ1n) is 11.3. The first kappa shape index (κ1) is 25.4. The lowest BCUT2D eigenvalue weighted by Crippen LogP contribution is -2.43. The molecule has 0 saturated heterocycles. The van der Waals surface area contributed by atoms with Crippen molar-refractivity contribution in [1.82, 2.24) is 20.1 Å². The van der Waals surface area contributed by atoms with E-state index in [9.17, 15) is 9.59 Å². The Balaban J connectivity index is 1.58. The third-order valence-corrected chi connectivity index (χ3v) is 6.30. The van der Waals surface area contributed by atoms with Gasteiger partial charge in [-0.25, -0.2) is 4.79 Å². The van der Waals surface area contributed by atoms with Crippen LogP contribution in [0.3, 0.4) is 0 Å². The molecule has 2 amide bonds. The summed E-state index contributed by atoms with van der Waals surface area (Å²) in [7, 11) is 3.96. The molecule has 3 aromatic rings. The zero-order valence-electron chi connectivity index (χ0n) is 20.1. The van der Waals surface area contributed by atoms with Gasteiger partial charge in [0.2, 0.25) is 0 Å². The Hall–Kier alpha value is -3.23. The number of pyridine rings is 1. The highest BCUT2D eigenvalue weighted by molar-refractivity contribution is 7.08. The number of likely N-dealkylation sites (N-methyl/N-ethyl adjacent to an activating group) is 1. The van der Waals surface area contributed by atoms with Gasteiger partial charge in [0.25, 0.3) is 0 Å². The fourth-order valence-corrected chi connectivity index (χ4v) is 4.26. The normalized spacial score (nSPS) is 10.9. The number of rotatable bonds is 11. The van der Waals surface area contributed by atoms with Crippen LogP contribution >= 0.6 is 11.3 Å². The standard InChI is InChI=1S/C26H33N5O2S/c1-19-5-4-6-20(13-19)9-10-28-26(33)31(12-11-30(2)3)16-21-7-8-24(29-15-21)25(32)14-22-17-34-18-23(22)27/h4-8,13,15,17-18H,9-12,14,16,27H2,1-3H3,(H,28,33). The number of amides is 2. The predicted octanol–water partition coefficient (Wildman–Crippen LogP) is 3.78. The number of ketones is 1. The number of aryl methyl sites for hydroxylation is 1. The van der Waals surface area contributed by atoms with Gasteiger partial charge in [-0.2, -0.15) is 0 Å². The number of nitrogens with two attached hydrogens (primary N) is 1. The van der Waals surface area contributed by atoms with Crippen molar-refractivity contribution in [3.63, 3.8) is 0 Å². The average molecular weight is 480 g/mol. The van der Waals surface area contributed by atoms with Crippen LogP contribution in [0.4, 0.5) is 10.5 Å². The Bertz CT molecular complexity index is 1090. The van der Waals surface area contributed by atoms with E-state index >= 15 is 0 Å². The molecule has 0 atom stereocenters. The van der Waals surface area contributed by atoms with Crippen molar-refractivity contribution in [3.05, 3.63) is 81.3 Å². The van der Waals surface area contributed by atoms with Crippen molar-refractivity contribution >= 4 is 28.8 Å². The first-order valence-corrected chi connectivity index (χ1v) is 12.3. The van der Waals surface area contributed by atoms with E-state index in [-0.39, 0.29) is 18.2 Å². The van der Waals surface area contributed by atoms with E-state index in [0.29, 0.717) is 31.0 Å². The molecule has 0 aliphatic carbocycles. The van der Waals surface area contributed by atoms with Gasteiger partial charge in [0.15, 0.2) is 5.78 Å². The summed E-state index contributed by atoms with van der Waals surface area (Å²) in [6.07, 6.45) is 2.69. The summed E-state index contributed by atoms with van der Waals surface area (Å²) < 4.78 is 0. The lowest BCUT2D eigenvalue weighted by atomic mass is 10.1. The second kappa shape index (κ2) is 12.3. The summed E-state index contributed by atoms with van der Waals surface area (Å²) in [5, 5.41) is 6.75. The van der Waals surface area contributed by atoms with E-state index in [2.05, 4.69) is 35.4 Å². The fourth-order valence-electron chi connectivity index (χ4n) is 3.51. The van der Waals surface area contributed by atoms with Crippen LogP contribution in [-0.4, -0.2) is 60.3 Å². The molecule has 180 valence electrons. The number of carbonyl (C=O) groups excluding carboxylic acids is 2. The van der Waals surface area contributed by atoms with Crippen LogP contribution in [0.25, 0.3) is 0 Å². The average Bonchev–Trinajstić information content (AvgIpc) is 3.21. The van der Waals surface area contributed by atoms with Crippen molar-refractivity contribution < 1.29 is 9.59 Å². The third-order valence-electron chi connectivity index (χ3n) is 5.49. The van der Waals surface area contributed by atoms with Crippen molar-refractivity contribution in [1.29, 1.82) is 0 Å². The molecule has 0 bridgehead atoms. The summed E-state index contributed by atoms with van der Waals surface area (Å²) in [5.41, 5.74) is 11.0. The first-order chi connectivity index (χ1) is 16.3. The number of anilines is 1. The second-order valence-corrected chi connectivity index (χ2v) is 9.44. The number of nitrogens with zero attached hydrogens (tertiary/aromatic N) is 3. The Labute approximate surface area is 205 Å². The number of hydrogen-bond acceptors (Lipinski definition) is 6. The minimum absolute atomic E-state index is 0.0741. The second-order valence-electron chi connectivity index (χ2n) is 8.70. The summed E-state index contributed by atoms with van der Waals surface area (Å²) in [6.45, 7) is 4.38. The maximum absolute atomic E-state index is 12.9. The van der Waals surface area contributed by atoms with E-state index in [1.165, 1.54) is 22.5 Å². The van der Waals surface area contributed by atoms with Gasteiger partial charge in [-0.15, -0.1) is 11.3 Å². The lowest BCUT2D eigenvalue weighted by Gasteiger charge is -2.25. The van der Waals surface area contributed by atoms with E-state index < -0.39 is 0 Å². The van der Waals surface area contributed by atoms with Crippen LogP contribution < -0.4 is 11.1 Å². The highest BCUT2D eigenvalue weighted by Crippen LogP contribution is 2.19. The number of benzene rings is 1. The molecule has 0 saturated carbocycles. The van der Waals surface area contributed by atoms with Crippen molar-refractivity contribution in [2.24, 2.45) is 0 Å². The summed E-state index contributed by atoms with van der Waals surface area (Å²) in [6, 6.07) is 11.8. The number of nitrogens with one attached hydrogen (secondary N) is 1. The van der Waals surface area contributed by atoms with Gasteiger partial charge in [0.05, 0.1) is 0 Å². The molecule has 0 unspecified atom stereocenters. The van der Waals surface area contributed by atoms with Crippen LogP contribution in [0.5, 0.6) is 0 Å². The van der Waals surface area contributed by atoms with Crippen molar-refractivity contribution in [3.8, 4) is 0 Å². The molecule has 1 aromatic carbocycles. The molecule has 0 radical (unpaired) electrons. The monoisotopic (exact) mass is 479 g/mol. The fraction of sp³-hybridized carbons (Fsp3) is 0.346. The van der Waals surface area contributed by atoms with Crippen molar-refractivity contribution in [2.75, 3.05) is 39.5 Å². The number of nitrogen functional groups attached to an aromatic ring is 1. The molecule has 0 aliphatic rings. The van der Waals surface area contributed by atoms with Crippen LogP contribution in [0, 0.1) is 6.92 Å². The highest BCUT2D eigenvalue weighted by Gasteiger charge is 2.16. The maximum Gasteiger partial charge on any atom is 0.317 e. The smallest absolute Gasteiger partial charge is 0.317 e. The molecule has 3 rings (SSSR count). The van der Waals surface area contributed by atoms with Crippen molar-refractivity contribution in [2.45, 2.75) is 26.3 Å². The predicted molar refractivity (Wildman–Crippen MR) is 138 cm³/mol. The van der Waals surface area contributed by atoms with E-state index in [1.807, 2.05) is 41.9 Å². The molecular formula is C26H33N5O2S. The minimum atomic E-state index is -0.109. The third kappa shape index (κ3) is 7.67. The summed E-state index contributed by atoms with van der Waals surface area (Å²) >= 11 is 1.48. The number of hydrogen-bond donors (Lipinski definition) is 2. The molecule has 7 nitrogen and oxygen atoms in total. The van der Waals surface area contributed by atoms with E-state index in [4.69, 9.17) is 5.73 Å². The molecule has 2 aromatic heterocycles. The van der Waals surface area contributed by atoms with Gasteiger partial charge in [0.1, 0.15) is 5.69 Å². The molecule has 0 spiro atoms. The number of urea groups is 1. The topological polar surface area (TPSA) is 91.6 Å². The molecule has 0 fully saturated rings. The molecular weight excluding hydrogens is 446 g/mol. The van der Waals surface area contributed by atoms with Crippen LogP contribution in [0.1, 0.15) is 32.7 Å². The Morgan fingerprint density at radius 2 is 1.91 bits per heavy atom. The lowest BCUT2D eigenvalue weighted by molar-refractivity contribution is 0.0988. The molecule has 2 heterocycles. The number of Topliss-reactive ketones (excluding diaryl/α,β-unsaturated/α-hetero) is 1. The van der Waals surface area contributed by atoms with E-state index in [1.54, 1.807) is 17.2 Å². The SMILES string of the molecule is Cc1cccc(CCNC(=O)N(CCN(C)C)Cc2ccc(C(=O)Cc3cscc3N)nc2)c1. The Morgan fingerprint density at radius 1 is 1.09 bits per heavy atom. The maximum atomic E-state index is 12.9. The molecule has 0 aliphatic heterocycles. The van der Waals surface area contributed by atoms with Gasteiger partial charge in [-0.1, -0.05) is 35.9 Å². The van der Waals surface area contributed by atoms with Crippen LogP contribution in [-0.2, 0) is 19.4 Å². The van der Waals surface area contributed by atoms with Gasteiger partial charge >= 0.3 is 6.03 Å². The molecule has 8 heteroatoms. The van der Waals surface area contributed by atoms with Gasteiger partial charge in [-0.05, 0) is 55.6 Å². The number of thiophene rings is 1. The zero-order valence-corrected chi connectivity index (χ0v) is 20.9. The van der Waals surface area contributed by atoms with Crippen LogP contribution in [0.2, 0.25) is 0 Å². The van der Waals surface area contributed by atoms with E-state index in [0.717, 1.165) is 24.1 Å². The van der Waals surface area contributed by atoms with Gasteiger partial charge < -0.3 is 20.9 Å². The largest absolute Gasteiger partial charge is 0.398 e. The summed E-state index contributed by atoms with van der Waals surface area (Å²) in [4.78, 5) is 33.6. The minimum Gasteiger partial charge on any atom is -0.398 e. The Morgan fingerprint density at radius 3 is 2.56 bits per heavy atom. The molecule has 3 N–H and O–H groups in total. The zero-order chi connectivity index (χ0) is 24.5. The Kier molecular flexibility index (Phi) is 9.18.